The molecule has 0 aliphatic carbocycles. The van der Waals surface area contributed by atoms with Crippen molar-refractivity contribution in [2.75, 3.05) is 0 Å². The van der Waals surface area contributed by atoms with Gasteiger partial charge in [0.15, 0.2) is 0 Å². The van der Waals surface area contributed by atoms with Crippen LogP contribution in [0.15, 0.2) is 181 Å². The molecule has 0 amide bonds. The van der Waals surface area contributed by atoms with Gasteiger partial charge in [0.1, 0.15) is 11.2 Å². The van der Waals surface area contributed by atoms with E-state index in [1.807, 2.05) is 24.5 Å². The topological polar surface area (TPSA) is 35.9 Å². The van der Waals surface area contributed by atoms with Gasteiger partial charge in [0, 0.05) is 61.6 Å². The minimum atomic E-state index is 0.913. The van der Waals surface area contributed by atoms with Crippen LogP contribution in [-0.4, -0.2) is 14.1 Å². The second-order valence-electron chi connectivity index (χ2n) is 13.2. The number of nitrogens with zero attached hydrogens (tertiary/aromatic N) is 3. The molecule has 11 rings (SSSR count). The van der Waals surface area contributed by atoms with Crippen LogP contribution in [0, 0.1) is 0 Å². The Bertz CT molecular complexity index is 3140. The van der Waals surface area contributed by atoms with Crippen molar-refractivity contribution in [3.8, 4) is 33.6 Å². The number of benzene rings is 7. The lowest BCUT2D eigenvalue weighted by atomic mass is 9.97. The zero-order chi connectivity index (χ0) is 33.5. The molecule has 238 valence electrons. The standard InChI is InChI=1S/C47H29N3O/c1-2-12-33(13-3-1)49-44-23-21-34(28-40(44)41-29-48-25-24-45(41)49)50-42-18-6-4-14-36(42)39-27-31(20-22-43(39)50)30-10-8-11-32(26-30)35-16-9-17-38-37-15-5-7-19-46(37)51-47(35)38/h1-29H. The first-order valence-electron chi connectivity index (χ1n) is 17.3. The monoisotopic (exact) mass is 651 g/mol. The fraction of sp³-hybridized carbons (Fsp3) is 0. The lowest BCUT2D eigenvalue weighted by Crippen LogP contribution is -1.95. The van der Waals surface area contributed by atoms with E-state index in [2.05, 4.69) is 166 Å². The summed E-state index contributed by atoms with van der Waals surface area (Å²) in [7, 11) is 0. The van der Waals surface area contributed by atoms with Gasteiger partial charge >= 0.3 is 0 Å². The number of fused-ring (bicyclic) bond motifs is 9. The van der Waals surface area contributed by atoms with Crippen LogP contribution in [0.3, 0.4) is 0 Å². The summed E-state index contributed by atoms with van der Waals surface area (Å²) in [5.41, 5.74) is 13.3. The Morgan fingerprint density at radius 3 is 1.98 bits per heavy atom. The Hall–Kier alpha value is -6.91. The second kappa shape index (κ2) is 10.8. The van der Waals surface area contributed by atoms with E-state index in [4.69, 9.17) is 4.42 Å². The Balaban J connectivity index is 1.07. The van der Waals surface area contributed by atoms with Gasteiger partial charge in [-0.05, 0) is 83.4 Å². The molecule has 0 aliphatic rings. The van der Waals surface area contributed by atoms with Gasteiger partial charge in [0.05, 0.1) is 22.1 Å². The zero-order valence-corrected chi connectivity index (χ0v) is 27.5. The molecule has 51 heavy (non-hydrogen) atoms. The van der Waals surface area contributed by atoms with E-state index in [0.29, 0.717) is 0 Å². The van der Waals surface area contributed by atoms with Gasteiger partial charge in [-0.15, -0.1) is 0 Å². The number of hydrogen-bond acceptors (Lipinski definition) is 2. The molecular weight excluding hydrogens is 623 g/mol. The first-order chi connectivity index (χ1) is 25.3. The van der Waals surface area contributed by atoms with Crippen LogP contribution in [0.2, 0.25) is 0 Å². The molecule has 4 aromatic heterocycles. The summed E-state index contributed by atoms with van der Waals surface area (Å²) in [4.78, 5) is 4.53. The molecule has 0 aliphatic heterocycles. The summed E-state index contributed by atoms with van der Waals surface area (Å²) < 4.78 is 11.1. The Labute approximate surface area is 293 Å². The number of pyridine rings is 1. The van der Waals surface area contributed by atoms with E-state index < -0.39 is 0 Å². The van der Waals surface area contributed by atoms with Crippen LogP contribution in [0.5, 0.6) is 0 Å². The first-order valence-corrected chi connectivity index (χ1v) is 17.3. The number of rotatable bonds is 4. The molecule has 0 saturated heterocycles. The molecule has 0 spiro atoms. The molecule has 0 fully saturated rings. The zero-order valence-electron chi connectivity index (χ0n) is 27.5. The van der Waals surface area contributed by atoms with Crippen molar-refractivity contribution in [3.05, 3.63) is 176 Å². The predicted octanol–water partition coefficient (Wildman–Crippen LogP) is 12.5. The first kappa shape index (κ1) is 28.0. The van der Waals surface area contributed by atoms with Crippen molar-refractivity contribution in [3.63, 3.8) is 0 Å². The highest BCUT2D eigenvalue weighted by molar-refractivity contribution is 6.13. The fourth-order valence-electron chi connectivity index (χ4n) is 8.12. The van der Waals surface area contributed by atoms with E-state index in [1.165, 1.54) is 38.3 Å². The normalized spacial score (nSPS) is 11.9. The smallest absolute Gasteiger partial charge is 0.143 e. The summed E-state index contributed by atoms with van der Waals surface area (Å²) in [6.07, 6.45) is 3.86. The lowest BCUT2D eigenvalue weighted by molar-refractivity contribution is 0.670. The highest BCUT2D eigenvalue weighted by Crippen LogP contribution is 2.40. The van der Waals surface area contributed by atoms with Gasteiger partial charge in [-0.3, -0.25) is 4.98 Å². The van der Waals surface area contributed by atoms with Crippen molar-refractivity contribution in [2.24, 2.45) is 0 Å². The molecule has 7 aromatic carbocycles. The number of para-hydroxylation sites is 4. The maximum atomic E-state index is 6.40. The van der Waals surface area contributed by atoms with Gasteiger partial charge in [-0.1, -0.05) is 97.1 Å². The van der Waals surface area contributed by atoms with Crippen molar-refractivity contribution in [2.45, 2.75) is 0 Å². The summed E-state index contributed by atoms with van der Waals surface area (Å²) in [6, 6.07) is 58.6. The molecule has 0 unspecified atom stereocenters. The van der Waals surface area contributed by atoms with E-state index >= 15 is 0 Å². The summed E-state index contributed by atoms with van der Waals surface area (Å²) in [5.74, 6) is 0. The minimum absolute atomic E-state index is 0.913. The van der Waals surface area contributed by atoms with E-state index in [1.54, 1.807) is 0 Å². The average Bonchev–Trinajstić information content (AvgIpc) is 3.85. The number of hydrogen-bond donors (Lipinski definition) is 0. The van der Waals surface area contributed by atoms with Gasteiger partial charge in [-0.25, -0.2) is 0 Å². The molecule has 4 heteroatoms. The molecule has 0 N–H and O–H groups in total. The Morgan fingerprint density at radius 1 is 0.392 bits per heavy atom. The van der Waals surface area contributed by atoms with Crippen molar-refractivity contribution < 1.29 is 4.42 Å². The number of furan rings is 1. The SMILES string of the molecule is c1ccc(-n2c3ccncc3c3cc(-n4c5ccccc5c5cc(-c6cccc(-c7cccc8c7oc7ccccc78)c6)ccc54)ccc32)cc1. The van der Waals surface area contributed by atoms with Crippen LogP contribution in [-0.2, 0) is 0 Å². The highest BCUT2D eigenvalue weighted by atomic mass is 16.3. The molecular formula is C47H29N3O. The van der Waals surface area contributed by atoms with Crippen molar-refractivity contribution >= 4 is 65.6 Å². The largest absolute Gasteiger partial charge is 0.455 e. The van der Waals surface area contributed by atoms with Gasteiger partial charge in [-0.2, -0.15) is 0 Å². The molecule has 4 nitrogen and oxygen atoms in total. The van der Waals surface area contributed by atoms with Gasteiger partial charge < -0.3 is 13.6 Å². The second-order valence-corrected chi connectivity index (χ2v) is 13.2. The minimum Gasteiger partial charge on any atom is -0.455 e. The quantitative estimate of drug-likeness (QED) is 0.190. The summed E-state index contributed by atoms with van der Waals surface area (Å²) in [6.45, 7) is 0. The van der Waals surface area contributed by atoms with E-state index in [-0.39, 0.29) is 0 Å². The van der Waals surface area contributed by atoms with Gasteiger partial charge in [0.2, 0.25) is 0 Å². The molecule has 11 aromatic rings. The van der Waals surface area contributed by atoms with Gasteiger partial charge in [0.25, 0.3) is 0 Å². The van der Waals surface area contributed by atoms with E-state index in [0.717, 1.165) is 60.9 Å². The molecule has 0 saturated carbocycles. The van der Waals surface area contributed by atoms with Crippen LogP contribution in [0.1, 0.15) is 0 Å². The van der Waals surface area contributed by atoms with Crippen molar-refractivity contribution in [1.29, 1.82) is 0 Å². The van der Waals surface area contributed by atoms with Crippen LogP contribution in [0.4, 0.5) is 0 Å². The Kier molecular flexibility index (Phi) is 5.92. The van der Waals surface area contributed by atoms with E-state index in [9.17, 15) is 0 Å². The predicted molar refractivity (Wildman–Crippen MR) is 211 cm³/mol. The van der Waals surface area contributed by atoms with Crippen LogP contribution >= 0.6 is 0 Å². The fourth-order valence-corrected chi connectivity index (χ4v) is 8.12. The Morgan fingerprint density at radius 2 is 1.06 bits per heavy atom. The maximum absolute atomic E-state index is 6.40. The average molecular weight is 652 g/mol. The van der Waals surface area contributed by atoms with Crippen molar-refractivity contribution in [1.82, 2.24) is 14.1 Å². The van der Waals surface area contributed by atoms with Crippen LogP contribution < -0.4 is 0 Å². The highest BCUT2D eigenvalue weighted by Gasteiger charge is 2.18. The third-order valence-corrected chi connectivity index (χ3v) is 10.4. The third-order valence-electron chi connectivity index (χ3n) is 10.4. The molecule has 0 radical (unpaired) electrons. The lowest BCUT2D eigenvalue weighted by Gasteiger charge is -2.11. The van der Waals surface area contributed by atoms with Crippen LogP contribution in [0.25, 0.3) is 99.2 Å². The number of aromatic nitrogens is 3. The summed E-state index contributed by atoms with van der Waals surface area (Å²) >= 11 is 0. The summed E-state index contributed by atoms with van der Waals surface area (Å²) in [5, 5.41) is 7.05. The third kappa shape index (κ3) is 4.17. The maximum Gasteiger partial charge on any atom is 0.143 e. The molecule has 0 atom stereocenters. The molecule has 4 heterocycles. The molecule has 0 bridgehead atoms.